The summed E-state index contributed by atoms with van der Waals surface area (Å²) in [6.07, 6.45) is 7.34. The molecule has 0 aromatic heterocycles. The van der Waals surface area contributed by atoms with E-state index in [-0.39, 0.29) is 54.2 Å². The summed E-state index contributed by atoms with van der Waals surface area (Å²) >= 11 is 37.5. The fourth-order valence-corrected chi connectivity index (χ4v) is 8.01. The Labute approximate surface area is 309 Å². The minimum Gasteiger partial charge on any atom is -0.462 e. The van der Waals surface area contributed by atoms with Crippen molar-refractivity contribution in [2.45, 2.75) is 79.1 Å². The van der Waals surface area contributed by atoms with Gasteiger partial charge in [-0.05, 0) is 73.3 Å². The number of halogens is 6. The SMILES string of the molecule is CCCC1(CCOC(=O)c2c(Cl)c(Cl)cc(Cl)c2OC(=O)C(=O)Oc2c(Cl)cc(Cl)c(Cl)c2C(=O)OCCC2(CCC)CC2C)CC1C. The molecule has 2 saturated carbocycles. The van der Waals surface area contributed by atoms with Crippen LogP contribution in [0.4, 0.5) is 0 Å². The maximum Gasteiger partial charge on any atom is 0.423 e. The van der Waals surface area contributed by atoms with Crippen LogP contribution in [0.5, 0.6) is 11.5 Å². The first-order chi connectivity index (χ1) is 22.6. The number of esters is 4. The van der Waals surface area contributed by atoms with E-state index < -0.39 is 46.5 Å². The number of ether oxygens (including phenoxy) is 4. The van der Waals surface area contributed by atoms with Crippen molar-refractivity contribution in [2.75, 3.05) is 13.2 Å². The highest BCUT2D eigenvalue weighted by atomic mass is 35.5. The van der Waals surface area contributed by atoms with Crippen molar-refractivity contribution in [3.05, 3.63) is 53.4 Å². The molecule has 2 aromatic rings. The Balaban J connectivity index is 1.50. The average molecular weight is 785 g/mol. The summed E-state index contributed by atoms with van der Waals surface area (Å²) in [5.74, 6) is -5.31. The summed E-state index contributed by atoms with van der Waals surface area (Å²) in [5, 5.41) is -1.45. The molecule has 0 N–H and O–H groups in total. The minimum atomic E-state index is -1.64. The summed E-state index contributed by atoms with van der Waals surface area (Å²) in [7, 11) is 0. The highest BCUT2D eigenvalue weighted by molar-refractivity contribution is 6.47. The number of hydrogen-bond donors (Lipinski definition) is 0. The Morgan fingerprint density at radius 3 is 1.25 bits per heavy atom. The van der Waals surface area contributed by atoms with Crippen LogP contribution in [-0.4, -0.2) is 37.1 Å². The predicted octanol–water partition coefficient (Wildman–Crippen LogP) is 10.9. The van der Waals surface area contributed by atoms with E-state index in [0.29, 0.717) is 24.7 Å². The number of carbonyl (C=O) groups excluding carboxylic acids is 4. The molecule has 48 heavy (non-hydrogen) atoms. The molecular formula is C34H36Cl6O8. The third-order valence-electron chi connectivity index (χ3n) is 9.58. The van der Waals surface area contributed by atoms with Gasteiger partial charge in [0.25, 0.3) is 0 Å². The summed E-state index contributed by atoms with van der Waals surface area (Å²) in [6, 6.07) is 2.27. The van der Waals surface area contributed by atoms with Gasteiger partial charge in [0.05, 0.1) is 43.3 Å². The molecule has 0 bridgehead atoms. The molecule has 4 atom stereocenters. The zero-order chi connectivity index (χ0) is 35.6. The van der Waals surface area contributed by atoms with E-state index in [2.05, 4.69) is 27.7 Å². The lowest BCUT2D eigenvalue weighted by Gasteiger charge is -2.18. The van der Waals surface area contributed by atoms with Crippen LogP contribution < -0.4 is 9.47 Å². The van der Waals surface area contributed by atoms with Crippen molar-refractivity contribution in [1.29, 1.82) is 0 Å². The molecule has 4 unspecified atom stereocenters. The quantitative estimate of drug-likeness (QED) is 0.0807. The third kappa shape index (κ3) is 8.50. The van der Waals surface area contributed by atoms with Gasteiger partial charge in [0.15, 0.2) is 11.5 Å². The molecule has 0 amide bonds. The van der Waals surface area contributed by atoms with Gasteiger partial charge in [-0.2, -0.15) is 0 Å². The van der Waals surface area contributed by atoms with E-state index >= 15 is 0 Å². The standard InChI is InChI=1S/C34H36Cl6O8/c1-5-7-33(15-17(33)3)9-11-45-29(41)23-25(39)19(35)13-21(37)27(23)47-31(43)32(44)48-28-22(38)14-20(36)26(40)24(28)30(42)46-12-10-34(8-6-2)16-18(34)4/h13-14,17-18H,5-12,15-16H2,1-4H3. The lowest BCUT2D eigenvalue weighted by atomic mass is 9.94. The van der Waals surface area contributed by atoms with Crippen molar-refractivity contribution >= 4 is 93.5 Å². The van der Waals surface area contributed by atoms with Gasteiger partial charge in [-0.1, -0.05) is 110 Å². The first-order valence-corrected chi connectivity index (χ1v) is 18.0. The van der Waals surface area contributed by atoms with Crippen LogP contribution in [0.25, 0.3) is 0 Å². The van der Waals surface area contributed by atoms with Crippen LogP contribution in [0.3, 0.4) is 0 Å². The highest BCUT2D eigenvalue weighted by Crippen LogP contribution is 2.59. The second kappa shape index (κ2) is 15.9. The van der Waals surface area contributed by atoms with Crippen LogP contribution in [0.1, 0.15) is 99.8 Å². The van der Waals surface area contributed by atoms with Crippen LogP contribution in [0, 0.1) is 22.7 Å². The Hall–Kier alpha value is -1.94. The van der Waals surface area contributed by atoms with Gasteiger partial charge in [-0.15, -0.1) is 0 Å². The van der Waals surface area contributed by atoms with Crippen LogP contribution in [-0.2, 0) is 19.1 Å². The van der Waals surface area contributed by atoms with Gasteiger partial charge in [0.2, 0.25) is 0 Å². The van der Waals surface area contributed by atoms with Crippen molar-refractivity contribution < 1.29 is 38.1 Å². The molecule has 2 aliphatic rings. The number of rotatable bonds is 14. The first-order valence-electron chi connectivity index (χ1n) is 15.7. The molecule has 2 aliphatic carbocycles. The molecule has 0 aliphatic heterocycles. The Kier molecular flexibility index (Phi) is 12.9. The van der Waals surface area contributed by atoms with Crippen molar-refractivity contribution in [1.82, 2.24) is 0 Å². The fraction of sp³-hybridized carbons (Fsp3) is 0.529. The van der Waals surface area contributed by atoms with Gasteiger partial charge in [-0.3, -0.25) is 0 Å². The van der Waals surface area contributed by atoms with E-state index in [0.717, 1.165) is 50.7 Å². The van der Waals surface area contributed by atoms with Gasteiger partial charge in [0, 0.05) is 0 Å². The van der Waals surface area contributed by atoms with Crippen molar-refractivity contribution in [3.63, 3.8) is 0 Å². The molecule has 0 saturated heterocycles. The van der Waals surface area contributed by atoms with Gasteiger partial charge in [0.1, 0.15) is 11.1 Å². The average Bonchev–Trinajstić information content (AvgIpc) is 3.87. The second-order valence-electron chi connectivity index (χ2n) is 12.7. The Morgan fingerprint density at radius 1 is 0.625 bits per heavy atom. The van der Waals surface area contributed by atoms with Crippen LogP contribution >= 0.6 is 69.6 Å². The summed E-state index contributed by atoms with van der Waals surface area (Å²) in [5.41, 5.74) is -0.695. The van der Waals surface area contributed by atoms with Crippen molar-refractivity contribution in [2.24, 2.45) is 22.7 Å². The number of benzene rings is 2. The molecule has 0 heterocycles. The van der Waals surface area contributed by atoms with E-state index in [9.17, 15) is 19.2 Å². The van der Waals surface area contributed by atoms with Crippen LogP contribution in [0.15, 0.2) is 12.1 Å². The van der Waals surface area contributed by atoms with Gasteiger partial charge < -0.3 is 18.9 Å². The van der Waals surface area contributed by atoms with E-state index in [1.54, 1.807) is 0 Å². The molecule has 2 fully saturated rings. The number of hydrogen-bond acceptors (Lipinski definition) is 8. The molecule has 2 aromatic carbocycles. The zero-order valence-electron chi connectivity index (χ0n) is 26.9. The molecule has 14 heteroatoms. The highest BCUT2D eigenvalue weighted by Gasteiger charge is 2.50. The maximum atomic E-state index is 13.2. The van der Waals surface area contributed by atoms with E-state index in [4.69, 9.17) is 88.6 Å². The second-order valence-corrected chi connectivity index (χ2v) is 15.1. The van der Waals surface area contributed by atoms with E-state index in [1.165, 1.54) is 0 Å². The Bertz CT molecular complexity index is 1500. The molecule has 262 valence electrons. The summed E-state index contributed by atoms with van der Waals surface area (Å²) in [4.78, 5) is 52.4. The summed E-state index contributed by atoms with van der Waals surface area (Å²) in [6.45, 7) is 8.64. The normalized spacial score (nSPS) is 22.5. The maximum absolute atomic E-state index is 13.2. The summed E-state index contributed by atoms with van der Waals surface area (Å²) < 4.78 is 21.4. The molecule has 0 radical (unpaired) electrons. The largest absolute Gasteiger partial charge is 0.462 e. The predicted molar refractivity (Wildman–Crippen MR) is 186 cm³/mol. The molecule has 8 nitrogen and oxygen atoms in total. The lowest BCUT2D eigenvalue weighted by Crippen LogP contribution is -2.27. The first kappa shape index (κ1) is 38.9. The van der Waals surface area contributed by atoms with Gasteiger partial charge >= 0.3 is 23.9 Å². The molecular weight excluding hydrogens is 749 g/mol. The molecule has 4 rings (SSSR count). The fourth-order valence-electron chi connectivity index (χ4n) is 6.57. The lowest BCUT2D eigenvalue weighted by molar-refractivity contribution is -0.156. The zero-order valence-corrected chi connectivity index (χ0v) is 31.4. The van der Waals surface area contributed by atoms with Crippen LogP contribution in [0.2, 0.25) is 30.1 Å². The minimum absolute atomic E-state index is 0.0758. The monoisotopic (exact) mass is 782 g/mol. The molecule has 0 spiro atoms. The van der Waals surface area contributed by atoms with Crippen molar-refractivity contribution in [3.8, 4) is 11.5 Å². The van der Waals surface area contributed by atoms with E-state index in [1.807, 2.05) is 0 Å². The smallest absolute Gasteiger partial charge is 0.423 e. The van der Waals surface area contributed by atoms with Gasteiger partial charge in [-0.25, -0.2) is 19.2 Å². The Morgan fingerprint density at radius 2 is 0.958 bits per heavy atom. The third-order valence-corrected chi connectivity index (χ3v) is 11.7. The topological polar surface area (TPSA) is 105 Å². The number of carbonyl (C=O) groups is 4.